The first-order valence-electron chi connectivity index (χ1n) is 9.90. The number of benzene rings is 3. The number of aromatic nitrogens is 2. The van der Waals surface area contributed by atoms with Crippen LogP contribution in [0.25, 0.3) is 16.6 Å². The number of ether oxygens (including phenoxy) is 1. The van der Waals surface area contributed by atoms with E-state index < -0.39 is 4.92 Å². The normalized spacial score (nSPS) is 10.8. The average molecular weight is 541 g/mol. The van der Waals surface area contributed by atoms with E-state index in [1.54, 1.807) is 48.5 Å². The molecule has 0 bridgehead atoms. The summed E-state index contributed by atoms with van der Waals surface area (Å²) in [6.45, 7) is 0. The lowest BCUT2D eigenvalue weighted by atomic mass is 10.2. The van der Waals surface area contributed by atoms with Crippen molar-refractivity contribution in [3.8, 4) is 11.4 Å². The Labute approximate surface area is 206 Å². The lowest BCUT2D eigenvalue weighted by Gasteiger charge is -2.14. The Morgan fingerprint density at radius 2 is 1.97 bits per heavy atom. The third-order valence-electron chi connectivity index (χ3n) is 4.83. The van der Waals surface area contributed by atoms with Gasteiger partial charge in [-0.1, -0.05) is 30.0 Å². The van der Waals surface area contributed by atoms with Crippen LogP contribution in [0.5, 0.6) is 5.75 Å². The molecular formula is C23H17BrN4O5S. The quantitative estimate of drug-likeness (QED) is 0.155. The largest absolute Gasteiger partial charge is 0.497 e. The molecule has 0 spiro atoms. The number of fused-ring (bicyclic) bond motifs is 1. The first kappa shape index (κ1) is 23.5. The van der Waals surface area contributed by atoms with Crippen molar-refractivity contribution in [1.29, 1.82) is 0 Å². The van der Waals surface area contributed by atoms with Crippen LogP contribution in [0.15, 0.2) is 81.2 Å². The van der Waals surface area contributed by atoms with Crippen LogP contribution in [0.3, 0.4) is 0 Å². The van der Waals surface area contributed by atoms with Crippen LogP contribution in [0.4, 0.5) is 11.4 Å². The molecule has 1 amide bonds. The maximum Gasteiger partial charge on any atom is 0.270 e. The predicted molar refractivity (Wildman–Crippen MR) is 134 cm³/mol. The second-order valence-electron chi connectivity index (χ2n) is 7.01. The average Bonchev–Trinajstić information content (AvgIpc) is 2.84. The molecule has 0 atom stereocenters. The van der Waals surface area contributed by atoms with Crippen molar-refractivity contribution in [2.75, 3.05) is 18.2 Å². The van der Waals surface area contributed by atoms with Crippen LogP contribution in [0.1, 0.15) is 0 Å². The van der Waals surface area contributed by atoms with Crippen LogP contribution < -0.4 is 15.6 Å². The molecule has 0 saturated carbocycles. The molecule has 4 rings (SSSR count). The number of anilines is 1. The number of nitro groups is 1. The molecule has 0 saturated heterocycles. The molecule has 4 aromatic rings. The van der Waals surface area contributed by atoms with Gasteiger partial charge >= 0.3 is 0 Å². The molecule has 0 aliphatic rings. The zero-order valence-corrected chi connectivity index (χ0v) is 20.1. The number of nitrogens with one attached hydrogen (secondary N) is 1. The molecule has 1 aromatic heterocycles. The van der Waals surface area contributed by atoms with Gasteiger partial charge in [0.2, 0.25) is 5.91 Å². The maximum absolute atomic E-state index is 13.3. The van der Waals surface area contributed by atoms with Crippen molar-refractivity contribution in [3.05, 3.63) is 91.7 Å². The molecular weight excluding hydrogens is 524 g/mol. The molecule has 0 fully saturated rings. The van der Waals surface area contributed by atoms with Crippen LogP contribution in [-0.4, -0.2) is 33.2 Å². The summed E-state index contributed by atoms with van der Waals surface area (Å²) in [5.41, 5.74) is 1.12. The third kappa shape index (κ3) is 4.95. The highest BCUT2D eigenvalue weighted by Crippen LogP contribution is 2.28. The topological polar surface area (TPSA) is 116 Å². The molecule has 172 valence electrons. The Bertz CT molecular complexity index is 1470. The molecule has 11 heteroatoms. The number of methoxy groups -OCH3 is 1. The fourth-order valence-electron chi connectivity index (χ4n) is 3.22. The first-order chi connectivity index (χ1) is 16.4. The van der Waals surface area contributed by atoms with E-state index in [-0.39, 0.29) is 22.9 Å². The fourth-order valence-corrected chi connectivity index (χ4v) is 4.50. The van der Waals surface area contributed by atoms with Crippen LogP contribution in [0.2, 0.25) is 0 Å². The summed E-state index contributed by atoms with van der Waals surface area (Å²) in [5.74, 6) is 0.173. The number of carbonyl (C=O) groups is 1. The summed E-state index contributed by atoms with van der Waals surface area (Å²) in [4.78, 5) is 41.0. The van der Waals surface area contributed by atoms with Gasteiger partial charge in [0.15, 0.2) is 5.16 Å². The van der Waals surface area contributed by atoms with Gasteiger partial charge in [0, 0.05) is 22.7 Å². The minimum atomic E-state index is -0.518. The Morgan fingerprint density at radius 1 is 1.18 bits per heavy atom. The van der Waals surface area contributed by atoms with E-state index in [4.69, 9.17) is 4.74 Å². The minimum absolute atomic E-state index is 0.0435. The van der Waals surface area contributed by atoms with E-state index in [1.165, 1.54) is 29.9 Å². The van der Waals surface area contributed by atoms with E-state index in [9.17, 15) is 19.7 Å². The van der Waals surface area contributed by atoms with Gasteiger partial charge in [-0.2, -0.15) is 0 Å². The van der Waals surface area contributed by atoms with E-state index >= 15 is 0 Å². The number of hydrogen-bond donors (Lipinski definition) is 1. The van der Waals surface area contributed by atoms with Crippen molar-refractivity contribution in [2.24, 2.45) is 0 Å². The van der Waals surface area contributed by atoms with Gasteiger partial charge in [-0.3, -0.25) is 24.3 Å². The van der Waals surface area contributed by atoms with Crippen molar-refractivity contribution >= 4 is 55.9 Å². The Kier molecular flexibility index (Phi) is 6.94. The maximum atomic E-state index is 13.3. The molecule has 3 aromatic carbocycles. The molecule has 1 N–H and O–H groups in total. The number of non-ortho nitro benzene ring substituents is 1. The second kappa shape index (κ2) is 10.1. The molecule has 34 heavy (non-hydrogen) atoms. The van der Waals surface area contributed by atoms with Crippen LogP contribution in [0, 0.1) is 10.1 Å². The van der Waals surface area contributed by atoms with Crippen LogP contribution >= 0.6 is 27.7 Å². The number of rotatable bonds is 7. The number of thioether (sulfide) groups is 1. The van der Waals surface area contributed by atoms with Gasteiger partial charge in [-0.25, -0.2) is 4.98 Å². The van der Waals surface area contributed by atoms with Gasteiger partial charge < -0.3 is 10.1 Å². The summed E-state index contributed by atoms with van der Waals surface area (Å²) in [6.07, 6.45) is 0. The molecule has 1 heterocycles. The lowest BCUT2D eigenvalue weighted by Crippen LogP contribution is -2.23. The summed E-state index contributed by atoms with van der Waals surface area (Å²) in [5, 5.41) is 14.4. The number of nitrogens with zero attached hydrogens (tertiary/aromatic N) is 3. The second-order valence-corrected chi connectivity index (χ2v) is 8.81. The monoisotopic (exact) mass is 540 g/mol. The van der Waals surface area contributed by atoms with Crippen molar-refractivity contribution in [3.63, 3.8) is 0 Å². The number of hydrogen-bond acceptors (Lipinski definition) is 7. The molecule has 0 unspecified atom stereocenters. The zero-order valence-electron chi connectivity index (χ0n) is 17.7. The van der Waals surface area contributed by atoms with Crippen molar-refractivity contribution < 1.29 is 14.5 Å². The first-order valence-corrected chi connectivity index (χ1v) is 11.7. The number of carbonyl (C=O) groups excluding carboxylic acids is 1. The highest BCUT2D eigenvalue weighted by Gasteiger charge is 2.16. The van der Waals surface area contributed by atoms with Gasteiger partial charge in [-0.15, -0.1) is 0 Å². The molecule has 0 aliphatic heterocycles. The Balaban J connectivity index is 1.64. The third-order valence-corrected chi connectivity index (χ3v) is 6.42. The van der Waals surface area contributed by atoms with Crippen molar-refractivity contribution in [1.82, 2.24) is 9.55 Å². The van der Waals surface area contributed by atoms with E-state index in [1.807, 2.05) is 0 Å². The summed E-state index contributed by atoms with van der Waals surface area (Å²) < 4.78 is 7.12. The highest BCUT2D eigenvalue weighted by atomic mass is 79.9. The molecule has 9 nitrogen and oxygen atoms in total. The lowest BCUT2D eigenvalue weighted by molar-refractivity contribution is -0.384. The number of halogens is 1. The van der Waals surface area contributed by atoms with Gasteiger partial charge in [-0.05, 0) is 46.3 Å². The van der Waals surface area contributed by atoms with E-state index in [2.05, 4.69) is 26.2 Å². The zero-order chi connectivity index (χ0) is 24.2. The Hall–Kier alpha value is -3.70. The van der Waals surface area contributed by atoms with Gasteiger partial charge in [0.25, 0.3) is 11.2 Å². The predicted octanol–water partition coefficient (Wildman–Crippen LogP) is 4.80. The summed E-state index contributed by atoms with van der Waals surface area (Å²) in [6, 6.07) is 18.1. The minimum Gasteiger partial charge on any atom is -0.497 e. The van der Waals surface area contributed by atoms with E-state index in [0.29, 0.717) is 37.7 Å². The molecule has 0 aliphatic carbocycles. The Morgan fingerprint density at radius 3 is 2.71 bits per heavy atom. The van der Waals surface area contributed by atoms with Crippen molar-refractivity contribution in [2.45, 2.75) is 5.16 Å². The number of nitro benzene ring substituents is 1. The number of para-hydroxylation sites is 1. The standard InChI is InChI=1S/C23H17BrN4O5S/c1-33-16-6-4-5-14(11-16)27-22(30)17-7-2-3-8-19(17)26-23(27)34-13-21(29)25-20-10-9-15(28(31)32)12-18(20)24/h2-12H,13H2,1H3,(H,25,29). The fraction of sp³-hybridized carbons (Fsp3) is 0.0870. The summed E-state index contributed by atoms with van der Waals surface area (Å²) >= 11 is 4.34. The smallest absolute Gasteiger partial charge is 0.270 e. The van der Waals surface area contributed by atoms with Gasteiger partial charge in [0.05, 0.1) is 40.1 Å². The highest BCUT2D eigenvalue weighted by molar-refractivity contribution is 9.10. The van der Waals surface area contributed by atoms with E-state index in [0.717, 1.165) is 11.8 Å². The SMILES string of the molecule is COc1cccc(-n2c(SCC(=O)Nc3ccc([N+](=O)[O-])cc3Br)nc3ccccc3c2=O)c1. The van der Waals surface area contributed by atoms with Crippen LogP contribution in [-0.2, 0) is 4.79 Å². The molecule has 0 radical (unpaired) electrons. The summed E-state index contributed by atoms with van der Waals surface area (Å²) in [7, 11) is 1.54. The van der Waals surface area contributed by atoms with Gasteiger partial charge in [0.1, 0.15) is 5.75 Å². The number of amides is 1.